The van der Waals surface area contributed by atoms with Crippen molar-refractivity contribution >= 4 is 38.3 Å². The van der Waals surface area contributed by atoms with Crippen molar-refractivity contribution in [1.29, 1.82) is 0 Å². The molecule has 180 valence electrons. The highest BCUT2D eigenvalue weighted by atomic mass is 16.3. The summed E-state index contributed by atoms with van der Waals surface area (Å²) in [5.41, 5.74) is 4.12. The number of rotatable bonds is 5. The minimum Gasteiger partial charge on any atom is -0.508 e. The first kappa shape index (κ1) is 24.8. The van der Waals surface area contributed by atoms with Crippen LogP contribution in [0.1, 0.15) is 0 Å². The molecule has 0 aliphatic rings. The van der Waals surface area contributed by atoms with Gasteiger partial charge < -0.3 is 15.3 Å². The van der Waals surface area contributed by atoms with Crippen LogP contribution in [0, 0.1) is 0 Å². The van der Waals surface area contributed by atoms with Gasteiger partial charge in [0.25, 0.3) is 0 Å². The van der Waals surface area contributed by atoms with E-state index >= 15 is 0 Å². The second kappa shape index (κ2) is 10.2. The molecule has 0 atom stereocenters. The Labute approximate surface area is 223 Å². The molecule has 0 fully saturated rings. The van der Waals surface area contributed by atoms with Gasteiger partial charge in [-0.15, -0.1) is 0 Å². The quantitative estimate of drug-likeness (QED) is 0.159. The first-order chi connectivity index (χ1) is 18.4. The van der Waals surface area contributed by atoms with Crippen molar-refractivity contribution in [2.24, 2.45) is 0 Å². The normalized spacial score (nSPS) is 10.7. The molecule has 0 saturated carbocycles. The minimum absolute atomic E-state index is 0.0527. The van der Waals surface area contributed by atoms with Gasteiger partial charge in [0.2, 0.25) is 7.85 Å². The van der Waals surface area contributed by atoms with Gasteiger partial charge >= 0.3 is 0 Å². The van der Waals surface area contributed by atoms with E-state index in [9.17, 15) is 20.1 Å². The number of phenolic OH excluding ortho intramolecular Hbond substituents is 3. The number of amides is 1. The van der Waals surface area contributed by atoms with Crippen molar-refractivity contribution < 1.29 is 20.1 Å². The lowest BCUT2D eigenvalue weighted by Crippen LogP contribution is -2.29. The third-order valence-electron chi connectivity index (χ3n) is 6.39. The van der Waals surface area contributed by atoms with Crippen LogP contribution < -0.4 is 10.4 Å². The minimum atomic E-state index is -0.960. The topological polar surface area (TPSA) is 81.0 Å². The number of nitrogens with zero attached hydrogens (tertiary/aromatic N) is 1. The molecule has 5 rings (SSSR count). The zero-order valence-corrected chi connectivity index (χ0v) is 20.2. The first-order valence-electron chi connectivity index (χ1n) is 11.8. The van der Waals surface area contributed by atoms with E-state index in [2.05, 4.69) is 0 Å². The van der Waals surface area contributed by atoms with E-state index in [4.69, 9.17) is 15.7 Å². The van der Waals surface area contributed by atoms with Crippen molar-refractivity contribution in [1.82, 2.24) is 0 Å². The fourth-order valence-corrected chi connectivity index (χ4v) is 4.48. The highest BCUT2D eigenvalue weighted by molar-refractivity contribution is 6.62. The summed E-state index contributed by atoms with van der Waals surface area (Å²) in [4.78, 5) is 13.5. The van der Waals surface area contributed by atoms with Crippen molar-refractivity contribution in [3.8, 4) is 50.6 Å². The fourth-order valence-electron chi connectivity index (χ4n) is 4.48. The Morgan fingerprint density at radius 3 is 1.45 bits per heavy atom. The molecule has 7 heteroatoms. The fraction of sp³-hybridized carbons (Fsp3) is 0. The lowest BCUT2D eigenvalue weighted by molar-refractivity contribution is 0.265. The highest BCUT2D eigenvalue weighted by Crippen LogP contribution is 2.48. The summed E-state index contributed by atoms with van der Waals surface area (Å²) < 4.78 is 0. The van der Waals surface area contributed by atoms with E-state index in [1.54, 1.807) is 54.6 Å². The predicted molar refractivity (Wildman–Crippen MR) is 153 cm³/mol. The van der Waals surface area contributed by atoms with Crippen molar-refractivity contribution in [3.05, 3.63) is 109 Å². The van der Waals surface area contributed by atoms with Gasteiger partial charge in [0.05, 0.1) is 11.3 Å². The first-order valence-corrected chi connectivity index (χ1v) is 11.8. The van der Waals surface area contributed by atoms with Crippen molar-refractivity contribution in [2.45, 2.75) is 0 Å². The largest absolute Gasteiger partial charge is 0.508 e. The summed E-state index contributed by atoms with van der Waals surface area (Å²) in [6.45, 7) is 0. The van der Waals surface area contributed by atoms with E-state index in [1.165, 1.54) is 0 Å². The van der Waals surface area contributed by atoms with E-state index in [0.29, 0.717) is 5.56 Å². The van der Waals surface area contributed by atoms with Crippen LogP contribution in [-0.4, -0.2) is 36.8 Å². The Hall–Kier alpha value is -4.90. The molecule has 4 radical (unpaired) electrons. The number of phenols is 3. The van der Waals surface area contributed by atoms with Crippen LogP contribution in [0.3, 0.4) is 0 Å². The molecule has 38 heavy (non-hydrogen) atoms. The van der Waals surface area contributed by atoms with Crippen LogP contribution in [0.25, 0.3) is 33.4 Å². The maximum atomic E-state index is 12.5. The van der Waals surface area contributed by atoms with Gasteiger partial charge in [0.1, 0.15) is 13.6 Å². The van der Waals surface area contributed by atoms with Gasteiger partial charge in [-0.3, -0.25) is 9.69 Å². The Kier molecular flexibility index (Phi) is 6.67. The molecular formula is C31H21B2NO4. The molecule has 5 nitrogen and oxygen atoms in total. The molecule has 1 amide bonds. The molecule has 0 bridgehead atoms. The van der Waals surface area contributed by atoms with Crippen LogP contribution in [0.15, 0.2) is 109 Å². The Morgan fingerprint density at radius 1 is 0.553 bits per heavy atom. The summed E-state index contributed by atoms with van der Waals surface area (Å²) in [5, 5.41) is 32.5. The van der Waals surface area contributed by atoms with Gasteiger partial charge in [-0.2, -0.15) is 0 Å². The van der Waals surface area contributed by atoms with Crippen molar-refractivity contribution in [2.75, 3.05) is 4.90 Å². The van der Waals surface area contributed by atoms with Crippen LogP contribution in [0.5, 0.6) is 17.2 Å². The third kappa shape index (κ3) is 4.50. The molecular weight excluding hydrogens is 472 g/mol. The monoisotopic (exact) mass is 493 g/mol. The zero-order valence-electron chi connectivity index (χ0n) is 20.2. The van der Waals surface area contributed by atoms with Crippen LogP contribution in [0.4, 0.5) is 16.2 Å². The van der Waals surface area contributed by atoms with Crippen molar-refractivity contribution in [3.63, 3.8) is 0 Å². The maximum absolute atomic E-state index is 12.5. The SMILES string of the molecule is [B]C(=O)N(c1ccc(-c2ccc(-c3ccccc3)cc2)cc1)c1c([B])c(O)c(-c2ccccc2)c(O)c1O. The maximum Gasteiger partial charge on any atom is 0.201 e. The second-order valence-electron chi connectivity index (χ2n) is 8.71. The Bertz CT molecular complexity index is 1580. The molecule has 0 aromatic heterocycles. The summed E-state index contributed by atoms with van der Waals surface area (Å²) in [7, 11) is 11.8. The van der Waals surface area contributed by atoms with Gasteiger partial charge in [-0.1, -0.05) is 97.1 Å². The summed E-state index contributed by atoms with van der Waals surface area (Å²) >= 11 is 0. The van der Waals surface area contributed by atoms with E-state index < -0.39 is 23.1 Å². The van der Waals surface area contributed by atoms with E-state index in [-0.39, 0.29) is 22.4 Å². The zero-order chi connectivity index (χ0) is 26.8. The van der Waals surface area contributed by atoms with E-state index in [0.717, 1.165) is 27.2 Å². The van der Waals surface area contributed by atoms with Gasteiger partial charge in [0.15, 0.2) is 17.3 Å². The predicted octanol–water partition coefficient (Wildman–Crippen LogP) is 6.02. The van der Waals surface area contributed by atoms with Gasteiger partial charge in [0, 0.05) is 5.69 Å². The number of carbonyl (C=O) groups excluding carboxylic acids is 1. The lowest BCUT2D eigenvalue weighted by atomic mass is 9.86. The Balaban J connectivity index is 1.51. The van der Waals surface area contributed by atoms with Crippen LogP contribution in [-0.2, 0) is 0 Å². The number of carbonyl (C=O) groups is 1. The van der Waals surface area contributed by atoms with Crippen LogP contribution >= 0.6 is 0 Å². The average molecular weight is 493 g/mol. The molecule has 0 saturated heterocycles. The Morgan fingerprint density at radius 2 is 0.974 bits per heavy atom. The van der Waals surface area contributed by atoms with Crippen LogP contribution in [0.2, 0.25) is 0 Å². The van der Waals surface area contributed by atoms with Gasteiger partial charge in [-0.05, 0) is 45.4 Å². The number of anilines is 2. The van der Waals surface area contributed by atoms with E-state index in [1.807, 2.05) is 54.6 Å². The smallest absolute Gasteiger partial charge is 0.201 e. The van der Waals surface area contributed by atoms with Gasteiger partial charge in [-0.25, -0.2) is 0 Å². The summed E-state index contributed by atoms with van der Waals surface area (Å²) in [5.74, 6) is -2.75. The summed E-state index contributed by atoms with van der Waals surface area (Å²) in [6, 6.07) is 33.5. The average Bonchev–Trinajstić information content (AvgIpc) is 2.95. The highest BCUT2D eigenvalue weighted by Gasteiger charge is 2.27. The molecule has 0 aliphatic carbocycles. The molecule has 0 heterocycles. The molecule has 3 N–H and O–H groups in total. The third-order valence-corrected chi connectivity index (χ3v) is 6.39. The molecule has 0 spiro atoms. The molecule has 5 aromatic rings. The standard InChI is InChI=1S/C31H21B2NO4/c32-26-27(30(37)29(36)25(28(26)35)23-9-5-2-6-10-23)34(31(33)38)24-17-15-22(16-18-24)21-13-11-20(12-14-21)19-7-3-1-4-8-19/h1-18,35-37H. The molecule has 5 aromatic carbocycles. The number of hydrogen-bond acceptors (Lipinski definition) is 4. The summed E-state index contributed by atoms with van der Waals surface area (Å²) in [6.07, 6.45) is 0. The number of hydrogen-bond donors (Lipinski definition) is 3. The number of aromatic hydroxyl groups is 3. The number of benzene rings is 5. The molecule has 0 aliphatic heterocycles. The second-order valence-corrected chi connectivity index (χ2v) is 8.71. The molecule has 0 unspecified atom stereocenters. The lowest BCUT2D eigenvalue weighted by Gasteiger charge is -2.27.